The Morgan fingerprint density at radius 3 is 2.69 bits per heavy atom. The number of alkyl carbamates (subject to hydrolysis) is 1. The molecule has 0 unspecified atom stereocenters. The van der Waals surface area contributed by atoms with Crippen molar-refractivity contribution >= 4 is 6.09 Å². The van der Waals surface area contributed by atoms with Crippen LogP contribution in [-0.2, 0) is 11.3 Å². The molecule has 1 amide bonds. The highest BCUT2D eigenvalue weighted by atomic mass is 16.6. The molecule has 16 heavy (non-hydrogen) atoms. The summed E-state index contributed by atoms with van der Waals surface area (Å²) in [4.78, 5) is 11.3. The highest BCUT2D eigenvalue weighted by molar-refractivity contribution is 5.67. The van der Waals surface area contributed by atoms with Crippen LogP contribution in [0, 0.1) is 0 Å². The lowest BCUT2D eigenvalue weighted by Crippen LogP contribution is -2.39. The van der Waals surface area contributed by atoms with E-state index in [1.54, 1.807) is 0 Å². The quantitative estimate of drug-likeness (QED) is 0.811. The van der Waals surface area contributed by atoms with Crippen LogP contribution >= 0.6 is 0 Å². The second-order valence-electron chi connectivity index (χ2n) is 3.99. The first-order valence-corrected chi connectivity index (χ1v) is 5.40. The number of carbonyl (C=O) groups excluding carboxylic acids is 1. The van der Waals surface area contributed by atoms with Gasteiger partial charge in [0, 0.05) is 19.4 Å². The maximum absolute atomic E-state index is 11.3. The second-order valence-corrected chi connectivity index (χ2v) is 3.99. The molecule has 0 spiro atoms. The SMILES string of the molecule is O=C(NCc1ccccc1)OC1CC(O)C1. The van der Waals surface area contributed by atoms with Crippen molar-refractivity contribution in [3.63, 3.8) is 0 Å². The van der Waals surface area contributed by atoms with Crippen molar-refractivity contribution in [2.45, 2.75) is 31.6 Å². The molecule has 2 rings (SSSR count). The first kappa shape index (κ1) is 11.0. The summed E-state index contributed by atoms with van der Waals surface area (Å²) < 4.78 is 5.07. The molecule has 0 bridgehead atoms. The van der Waals surface area contributed by atoms with Gasteiger partial charge in [-0.05, 0) is 5.56 Å². The molecule has 1 fully saturated rings. The number of aliphatic hydroxyl groups is 1. The number of aliphatic hydroxyl groups excluding tert-OH is 1. The third-order valence-electron chi connectivity index (χ3n) is 2.62. The molecule has 4 heteroatoms. The van der Waals surface area contributed by atoms with Gasteiger partial charge < -0.3 is 15.2 Å². The normalized spacial score (nSPS) is 23.3. The Balaban J connectivity index is 1.68. The number of hydrogen-bond acceptors (Lipinski definition) is 3. The third-order valence-corrected chi connectivity index (χ3v) is 2.62. The van der Waals surface area contributed by atoms with Crippen LogP contribution in [0.5, 0.6) is 0 Å². The van der Waals surface area contributed by atoms with Gasteiger partial charge in [0.05, 0.1) is 6.10 Å². The van der Waals surface area contributed by atoms with E-state index in [0.717, 1.165) is 5.56 Å². The average Bonchev–Trinajstić information content (AvgIpc) is 2.26. The van der Waals surface area contributed by atoms with Gasteiger partial charge in [-0.15, -0.1) is 0 Å². The molecule has 1 aromatic rings. The van der Waals surface area contributed by atoms with Crippen LogP contribution in [0.3, 0.4) is 0 Å². The van der Waals surface area contributed by atoms with Gasteiger partial charge in [-0.3, -0.25) is 0 Å². The third kappa shape index (κ3) is 2.97. The lowest BCUT2D eigenvalue weighted by atomic mass is 9.92. The Labute approximate surface area is 94.2 Å². The molecule has 86 valence electrons. The van der Waals surface area contributed by atoms with E-state index in [2.05, 4.69) is 5.32 Å². The summed E-state index contributed by atoms with van der Waals surface area (Å²) in [5, 5.41) is 11.7. The second kappa shape index (κ2) is 4.99. The molecule has 4 nitrogen and oxygen atoms in total. The molecular weight excluding hydrogens is 206 g/mol. The Kier molecular flexibility index (Phi) is 3.41. The molecule has 0 heterocycles. The maximum Gasteiger partial charge on any atom is 0.407 e. The average molecular weight is 221 g/mol. The van der Waals surface area contributed by atoms with Gasteiger partial charge in [-0.2, -0.15) is 0 Å². The van der Waals surface area contributed by atoms with Crippen molar-refractivity contribution < 1.29 is 14.6 Å². The van der Waals surface area contributed by atoms with Crippen molar-refractivity contribution in [3.05, 3.63) is 35.9 Å². The summed E-state index contributed by atoms with van der Waals surface area (Å²) in [6, 6.07) is 9.65. The molecule has 0 radical (unpaired) electrons. The summed E-state index contributed by atoms with van der Waals surface area (Å²) in [6.07, 6.45) is 0.274. The van der Waals surface area contributed by atoms with E-state index >= 15 is 0 Å². The van der Waals surface area contributed by atoms with E-state index in [1.165, 1.54) is 0 Å². The number of ether oxygens (including phenoxy) is 1. The van der Waals surface area contributed by atoms with Gasteiger partial charge in [0.15, 0.2) is 0 Å². The first-order chi connectivity index (χ1) is 7.74. The molecule has 1 aromatic carbocycles. The zero-order valence-corrected chi connectivity index (χ0v) is 8.93. The predicted molar refractivity (Wildman–Crippen MR) is 58.8 cm³/mol. The largest absolute Gasteiger partial charge is 0.446 e. The highest BCUT2D eigenvalue weighted by Gasteiger charge is 2.30. The van der Waals surface area contributed by atoms with E-state index < -0.39 is 6.09 Å². The lowest BCUT2D eigenvalue weighted by Gasteiger charge is -2.30. The summed E-state index contributed by atoms with van der Waals surface area (Å²) in [5.41, 5.74) is 1.04. The van der Waals surface area contributed by atoms with Crippen molar-refractivity contribution in [1.82, 2.24) is 5.32 Å². The van der Waals surface area contributed by atoms with Crippen molar-refractivity contribution in [3.8, 4) is 0 Å². The number of rotatable bonds is 3. The molecule has 0 aromatic heterocycles. The highest BCUT2D eigenvalue weighted by Crippen LogP contribution is 2.22. The first-order valence-electron chi connectivity index (χ1n) is 5.40. The Bertz CT molecular complexity index is 347. The number of hydrogen-bond donors (Lipinski definition) is 2. The molecule has 1 saturated carbocycles. The van der Waals surface area contributed by atoms with Gasteiger partial charge >= 0.3 is 6.09 Å². The van der Waals surface area contributed by atoms with Crippen LogP contribution in [0.25, 0.3) is 0 Å². The molecule has 0 aliphatic heterocycles. The van der Waals surface area contributed by atoms with E-state index in [0.29, 0.717) is 19.4 Å². The van der Waals surface area contributed by atoms with Gasteiger partial charge in [-0.1, -0.05) is 30.3 Å². The summed E-state index contributed by atoms with van der Waals surface area (Å²) in [5.74, 6) is 0. The Morgan fingerprint density at radius 1 is 1.38 bits per heavy atom. The molecular formula is C12H15NO3. The van der Waals surface area contributed by atoms with E-state index in [9.17, 15) is 4.79 Å². The summed E-state index contributed by atoms with van der Waals surface area (Å²) in [7, 11) is 0. The predicted octanol–water partition coefficient (Wildman–Crippen LogP) is 1.44. The van der Waals surface area contributed by atoms with Crippen LogP contribution < -0.4 is 5.32 Å². The zero-order chi connectivity index (χ0) is 11.4. The molecule has 2 N–H and O–H groups in total. The van der Waals surface area contributed by atoms with Crippen molar-refractivity contribution in [1.29, 1.82) is 0 Å². The molecule has 1 aliphatic rings. The topological polar surface area (TPSA) is 58.6 Å². The number of amides is 1. The van der Waals surface area contributed by atoms with Gasteiger partial charge in [0.1, 0.15) is 6.10 Å². The van der Waals surface area contributed by atoms with E-state index in [4.69, 9.17) is 9.84 Å². The van der Waals surface area contributed by atoms with Gasteiger partial charge in [0.2, 0.25) is 0 Å². The van der Waals surface area contributed by atoms with Crippen LogP contribution in [-0.4, -0.2) is 23.4 Å². The monoisotopic (exact) mass is 221 g/mol. The number of benzene rings is 1. The van der Waals surface area contributed by atoms with Crippen LogP contribution in [0.2, 0.25) is 0 Å². The maximum atomic E-state index is 11.3. The Hall–Kier alpha value is -1.55. The van der Waals surface area contributed by atoms with Crippen LogP contribution in [0.1, 0.15) is 18.4 Å². The number of carbonyl (C=O) groups is 1. The Morgan fingerprint density at radius 2 is 2.06 bits per heavy atom. The minimum Gasteiger partial charge on any atom is -0.446 e. The minimum atomic E-state index is -0.416. The van der Waals surface area contributed by atoms with Gasteiger partial charge in [-0.25, -0.2) is 4.79 Å². The fraction of sp³-hybridized carbons (Fsp3) is 0.417. The number of nitrogens with one attached hydrogen (secondary N) is 1. The van der Waals surface area contributed by atoms with E-state index in [-0.39, 0.29) is 12.2 Å². The smallest absolute Gasteiger partial charge is 0.407 e. The summed E-state index contributed by atoms with van der Waals surface area (Å²) in [6.45, 7) is 0.467. The molecule has 0 saturated heterocycles. The van der Waals surface area contributed by atoms with E-state index in [1.807, 2.05) is 30.3 Å². The standard InChI is InChI=1S/C12H15NO3/c14-10-6-11(7-10)16-12(15)13-8-9-4-2-1-3-5-9/h1-5,10-11,14H,6-8H2,(H,13,15). The van der Waals surface area contributed by atoms with Crippen LogP contribution in [0.4, 0.5) is 4.79 Å². The van der Waals surface area contributed by atoms with Crippen molar-refractivity contribution in [2.75, 3.05) is 0 Å². The zero-order valence-electron chi connectivity index (χ0n) is 8.93. The van der Waals surface area contributed by atoms with Gasteiger partial charge in [0.25, 0.3) is 0 Å². The summed E-state index contributed by atoms with van der Waals surface area (Å²) >= 11 is 0. The fourth-order valence-corrected chi connectivity index (χ4v) is 1.60. The molecule has 1 aliphatic carbocycles. The molecule has 0 atom stereocenters. The van der Waals surface area contributed by atoms with Crippen molar-refractivity contribution in [2.24, 2.45) is 0 Å². The minimum absolute atomic E-state index is 0.120. The van der Waals surface area contributed by atoms with Crippen LogP contribution in [0.15, 0.2) is 30.3 Å². The lowest BCUT2D eigenvalue weighted by molar-refractivity contribution is -0.0349. The fourth-order valence-electron chi connectivity index (χ4n) is 1.60.